The van der Waals surface area contributed by atoms with Gasteiger partial charge in [-0.25, -0.2) is 9.69 Å². The largest absolute Gasteiger partial charge is 0.378 e. The fourth-order valence-electron chi connectivity index (χ4n) is 3.14. The van der Waals surface area contributed by atoms with Gasteiger partial charge in [-0.15, -0.1) is 0 Å². The van der Waals surface area contributed by atoms with E-state index in [1.165, 1.54) is 54.6 Å². The minimum atomic E-state index is -4.27. The molecule has 0 atom stereocenters. The fourth-order valence-corrected chi connectivity index (χ4v) is 4.78. The third-order valence-electron chi connectivity index (χ3n) is 4.74. The summed E-state index contributed by atoms with van der Waals surface area (Å²) in [6.07, 6.45) is 1.14. The minimum absolute atomic E-state index is 0.0933. The number of carbonyl (C=O) groups is 3. The van der Waals surface area contributed by atoms with Crippen LogP contribution < -0.4 is 14.4 Å². The maximum Gasteiger partial charge on any atom is 0.339 e. The maximum absolute atomic E-state index is 13.1. The lowest BCUT2D eigenvalue weighted by Gasteiger charge is -2.26. The highest BCUT2D eigenvalue weighted by Crippen LogP contribution is 2.31. The van der Waals surface area contributed by atoms with Crippen LogP contribution >= 0.6 is 39.1 Å². The third kappa shape index (κ3) is 5.40. The highest BCUT2D eigenvalue weighted by Gasteiger charge is 2.37. The SMILES string of the molecule is O=C1NC(=O)N(c2cccc(Cl)c2)C(=O)/C1=C/c1cc(Br)ccc1OS(=O)(=O)c1ccc(Cl)cc1. The molecule has 1 heterocycles. The van der Waals surface area contributed by atoms with E-state index in [0.29, 0.717) is 9.50 Å². The Kier molecular flexibility index (Phi) is 7.00. The summed E-state index contributed by atoms with van der Waals surface area (Å²) in [4.78, 5) is 38.7. The van der Waals surface area contributed by atoms with Gasteiger partial charge in [-0.2, -0.15) is 8.42 Å². The molecule has 3 aromatic rings. The molecule has 4 rings (SSSR count). The lowest BCUT2D eigenvalue weighted by Crippen LogP contribution is -2.54. The Morgan fingerprint density at radius 2 is 1.63 bits per heavy atom. The molecule has 3 aromatic carbocycles. The molecule has 1 aliphatic rings. The molecule has 4 amide bonds. The Hall–Kier alpha value is -3.18. The molecule has 8 nitrogen and oxygen atoms in total. The van der Waals surface area contributed by atoms with Gasteiger partial charge in [-0.3, -0.25) is 14.9 Å². The monoisotopic (exact) mass is 594 g/mol. The van der Waals surface area contributed by atoms with Crippen LogP contribution in [0.15, 0.2) is 81.7 Å². The summed E-state index contributed by atoms with van der Waals surface area (Å²) in [7, 11) is -4.27. The Morgan fingerprint density at radius 1 is 0.914 bits per heavy atom. The van der Waals surface area contributed by atoms with Crippen LogP contribution in [0.2, 0.25) is 10.0 Å². The van der Waals surface area contributed by atoms with Crippen LogP contribution in [0, 0.1) is 0 Å². The number of carbonyl (C=O) groups excluding carboxylic acids is 3. The summed E-state index contributed by atoms with van der Waals surface area (Å²) in [6.45, 7) is 0. The number of benzene rings is 3. The summed E-state index contributed by atoms with van der Waals surface area (Å²) in [5, 5.41) is 2.72. The van der Waals surface area contributed by atoms with E-state index in [0.717, 1.165) is 11.0 Å². The average Bonchev–Trinajstić information content (AvgIpc) is 2.78. The van der Waals surface area contributed by atoms with Crippen LogP contribution in [-0.2, 0) is 19.7 Å². The summed E-state index contributed by atoms with van der Waals surface area (Å²) >= 11 is 15.1. The van der Waals surface area contributed by atoms with Gasteiger partial charge in [0.05, 0.1) is 5.69 Å². The molecule has 1 N–H and O–H groups in total. The molecule has 0 aliphatic carbocycles. The van der Waals surface area contributed by atoms with E-state index in [9.17, 15) is 22.8 Å². The second-order valence-electron chi connectivity index (χ2n) is 7.11. The summed E-state index contributed by atoms with van der Waals surface area (Å²) in [5.74, 6) is -2.03. The number of nitrogens with zero attached hydrogens (tertiary/aromatic N) is 1. The first-order valence-electron chi connectivity index (χ1n) is 9.72. The van der Waals surface area contributed by atoms with E-state index < -0.39 is 33.5 Å². The van der Waals surface area contributed by atoms with E-state index in [2.05, 4.69) is 21.2 Å². The number of rotatable bonds is 5. The fraction of sp³-hybridized carbons (Fsp3) is 0. The molecular weight excluding hydrogens is 583 g/mol. The molecule has 0 radical (unpaired) electrons. The second kappa shape index (κ2) is 9.82. The molecule has 1 aliphatic heterocycles. The van der Waals surface area contributed by atoms with Gasteiger partial charge in [0, 0.05) is 20.1 Å². The summed E-state index contributed by atoms with van der Waals surface area (Å²) < 4.78 is 31.4. The van der Waals surface area contributed by atoms with Crippen LogP contribution in [0.5, 0.6) is 5.75 Å². The minimum Gasteiger partial charge on any atom is -0.378 e. The van der Waals surface area contributed by atoms with Crippen molar-refractivity contribution in [3.63, 3.8) is 0 Å². The van der Waals surface area contributed by atoms with Crippen molar-refractivity contribution < 1.29 is 27.0 Å². The number of hydrogen-bond acceptors (Lipinski definition) is 6. The van der Waals surface area contributed by atoms with E-state index >= 15 is 0 Å². The highest BCUT2D eigenvalue weighted by molar-refractivity contribution is 9.10. The van der Waals surface area contributed by atoms with Crippen molar-refractivity contribution in [2.45, 2.75) is 4.90 Å². The standard InChI is InChI=1S/C23H13BrCl2N2O6S/c24-14-4-9-20(34-35(32,33)18-7-5-15(25)6-8-18)13(10-14)11-19-21(29)27-23(31)28(22(19)30)17-3-1-2-16(26)12-17/h1-12H,(H,27,29,31)/b19-11+. The number of hydrogen-bond donors (Lipinski definition) is 1. The van der Waals surface area contributed by atoms with E-state index in [1.54, 1.807) is 12.1 Å². The van der Waals surface area contributed by atoms with Gasteiger partial charge in [0.25, 0.3) is 11.8 Å². The molecule has 12 heteroatoms. The highest BCUT2D eigenvalue weighted by atomic mass is 79.9. The second-order valence-corrected chi connectivity index (χ2v) is 10.4. The number of anilines is 1. The smallest absolute Gasteiger partial charge is 0.339 e. The first kappa shape index (κ1) is 24.9. The van der Waals surface area contributed by atoms with Crippen molar-refractivity contribution in [1.29, 1.82) is 0 Å². The molecule has 0 bridgehead atoms. The lowest BCUT2D eigenvalue weighted by atomic mass is 10.1. The average molecular weight is 596 g/mol. The summed E-state index contributed by atoms with van der Waals surface area (Å²) in [6, 6.07) is 14.7. The predicted molar refractivity (Wildman–Crippen MR) is 134 cm³/mol. The van der Waals surface area contributed by atoms with Gasteiger partial charge < -0.3 is 4.18 Å². The number of imide groups is 2. The van der Waals surface area contributed by atoms with E-state index in [1.807, 2.05) is 0 Å². The zero-order valence-corrected chi connectivity index (χ0v) is 21.3. The first-order valence-corrected chi connectivity index (χ1v) is 12.7. The van der Waals surface area contributed by atoms with Crippen LogP contribution in [-0.4, -0.2) is 26.3 Å². The molecule has 0 unspecified atom stereocenters. The van der Waals surface area contributed by atoms with Crippen LogP contribution in [0.4, 0.5) is 10.5 Å². The Balaban J connectivity index is 1.75. The maximum atomic E-state index is 13.1. The zero-order chi connectivity index (χ0) is 25.3. The molecule has 0 aromatic heterocycles. The quantitative estimate of drug-likeness (QED) is 0.247. The third-order valence-corrected chi connectivity index (χ3v) is 6.97. The van der Waals surface area contributed by atoms with Gasteiger partial charge in [-0.05, 0) is 66.7 Å². The van der Waals surface area contributed by atoms with Gasteiger partial charge in [0.2, 0.25) is 0 Å². The van der Waals surface area contributed by atoms with Crippen LogP contribution in [0.25, 0.3) is 6.08 Å². The number of barbiturate groups is 1. The Labute approximate surface area is 218 Å². The Bertz CT molecular complexity index is 1510. The summed E-state index contributed by atoms with van der Waals surface area (Å²) in [5.41, 5.74) is -0.179. The molecule has 1 fully saturated rings. The zero-order valence-electron chi connectivity index (χ0n) is 17.4. The van der Waals surface area contributed by atoms with Crippen molar-refractivity contribution in [3.05, 3.63) is 92.4 Å². The number of amides is 4. The normalized spacial score (nSPS) is 15.3. The predicted octanol–water partition coefficient (Wildman–Crippen LogP) is 5.19. The van der Waals surface area contributed by atoms with Gasteiger partial charge in [0.1, 0.15) is 16.2 Å². The number of nitrogens with one attached hydrogen (secondary N) is 1. The van der Waals surface area contributed by atoms with Crippen molar-refractivity contribution in [2.24, 2.45) is 0 Å². The molecule has 35 heavy (non-hydrogen) atoms. The molecule has 0 spiro atoms. The van der Waals surface area contributed by atoms with E-state index in [-0.39, 0.29) is 26.9 Å². The van der Waals surface area contributed by atoms with Gasteiger partial charge >= 0.3 is 16.1 Å². The number of halogens is 3. The first-order chi connectivity index (χ1) is 16.5. The molecule has 0 saturated carbocycles. The van der Waals surface area contributed by atoms with Crippen molar-refractivity contribution in [1.82, 2.24) is 5.32 Å². The lowest BCUT2D eigenvalue weighted by molar-refractivity contribution is -0.122. The van der Waals surface area contributed by atoms with Crippen molar-refractivity contribution in [3.8, 4) is 5.75 Å². The topological polar surface area (TPSA) is 110 Å². The Morgan fingerprint density at radius 3 is 2.31 bits per heavy atom. The molecule has 1 saturated heterocycles. The van der Waals surface area contributed by atoms with Crippen molar-refractivity contribution >= 4 is 78.9 Å². The number of urea groups is 1. The van der Waals surface area contributed by atoms with Crippen molar-refractivity contribution in [2.75, 3.05) is 4.90 Å². The molecular formula is C23H13BrCl2N2O6S. The van der Waals surface area contributed by atoms with Gasteiger partial charge in [-0.1, -0.05) is 45.2 Å². The van der Waals surface area contributed by atoms with Crippen LogP contribution in [0.3, 0.4) is 0 Å². The van der Waals surface area contributed by atoms with Gasteiger partial charge in [0.15, 0.2) is 0 Å². The van der Waals surface area contributed by atoms with Crippen LogP contribution in [0.1, 0.15) is 5.56 Å². The molecule has 178 valence electrons. The van der Waals surface area contributed by atoms with E-state index in [4.69, 9.17) is 27.4 Å².